The molecule has 114 valence electrons. The molecule has 1 unspecified atom stereocenters. The van der Waals surface area contributed by atoms with E-state index in [0.29, 0.717) is 23.9 Å². The molecule has 0 aliphatic heterocycles. The molecular weight excluding hydrogens is 258 g/mol. The van der Waals surface area contributed by atoms with Crippen LogP contribution in [0.3, 0.4) is 0 Å². The van der Waals surface area contributed by atoms with Crippen LogP contribution in [-0.4, -0.2) is 24.0 Å². The summed E-state index contributed by atoms with van der Waals surface area (Å²) in [5, 5.41) is 0. The number of rotatable bonds is 7. The lowest BCUT2D eigenvalue weighted by atomic mass is 10.0. The predicted octanol–water partition coefficient (Wildman–Crippen LogP) is 3.72. The van der Waals surface area contributed by atoms with Crippen molar-refractivity contribution < 1.29 is 8.78 Å². The smallest absolute Gasteiger partial charge is 0.126 e. The zero-order valence-electron chi connectivity index (χ0n) is 12.9. The Morgan fingerprint density at radius 3 is 2.05 bits per heavy atom. The molecule has 1 rings (SSSR count). The average Bonchev–Trinajstić information content (AvgIpc) is 2.32. The van der Waals surface area contributed by atoms with Crippen LogP contribution in [0.15, 0.2) is 18.2 Å². The van der Waals surface area contributed by atoms with E-state index in [4.69, 9.17) is 5.73 Å². The molecule has 2 N–H and O–H groups in total. The highest BCUT2D eigenvalue weighted by molar-refractivity contribution is 5.21. The maximum absolute atomic E-state index is 13.2. The average molecular weight is 284 g/mol. The second-order valence-corrected chi connectivity index (χ2v) is 6.08. The van der Waals surface area contributed by atoms with Gasteiger partial charge in [-0.1, -0.05) is 13.8 Å². The Bertz CT molecular complexity index is 399. The number of nitrogens with two attached hydrogens (primary N) is 1. The molecule has 1 aromatic carbocycles. The van der Waals surface area contributed by atoms with Crippen molar-refractivity contribution in [1.29, 1.82) is 0 Å². The van der Waals surface area contributed by atoms with Gasteiger partial charge >= 0.3 is 0 Å². The van der Waals surface area contributed by atoms with Crippen LogP contribution in [0.5, 0.6) is 0 Å². The van der Waals surface area contributed by atoms with E-state index < -0.39 is 11.6 Å². The molecule has 0 aromatic heterocycles. The molecule has 0 radical (unpaired) electrons. The molecule has 0 fully saturated rings. The summed E-state index contributed by atoms with van der Waals surface area (Å²) in [6.07, 6.45) is 0.688. The predicted molar refractivity (Wildman–Crippen MR) is 79.5 cm³/mol. The van der Waals surface area contributed by atoms with Crippen LogP contribution in [0, 0.1) is 17.6 Å². The number of benzene rings is 1. The largest absolute Gasteiger partial charge is 0.324 e. The summed E-state index contributed by atoms with van der Waals surface area (Å²) in [6, 6.07) is 3.60. The Balaban J connectivity index is 2.62. The van der Waals surface area contributed by atoms with Crippen LogP contribution in [0.4, 0.5) is 8.78 Å². The van der Waals surface area contributed by atoms with Crippen molar-refractivity contribution in [3.05, 3.63) is 35.4 Å². The molecular formula is C16H26F2N2. The van der Waals surface area contributed by atoms with Crippen molar-refractivity contribution >= 4 is 0 Å². The van der Waals surface area contributed by atoms with Gasteiger partial charge in [-0.2, -0.15) is 0 Å². The summed E-state index contributed by atoms with van der Waals surface area (Å²) >= 11 is 0. The molecule has 4 heteroatoms. The van der Waals surface area contributed by atoms with E-state index in [1.54, 1.807) is 0 Å². The van der Waals surface area contributed by atoms with E-state index in [1.807, 2.05) is 0 Å². The molecule has 0 heterocycles. The highest BCUT2D eigenvalue weighted by Crippen LogP contribution is 2.18. The Morgan fingerprint density at radius 2 is 1.60 bits per heavy atom. The van der Waals surface area contributed by atoms with Crippen molar-refractivity contribution in [2.24, 2.45) is 11.7 Å². The van der Waals surface area contributed by atoms with Crippen molar-refractivity contribution in [3.63, 3.8) is 0 Å². The Labute approximate surface area is 121 Å². The number of hydrogen-bond donors (Lipinski definition) is 1. The van der Waals surface area contributed by atoms with Gasteiger partial charge in [0.25, 0.3) is 0 Å². The van der Waals surface area contributed by atoms with Gasteiger partial charge < -0.3 is 10.6 Å². The molecule has 0 spiro atoms. The molecule has 0 aliphatic carbocycles. The number of hydrogen-bond acceptors (Lipinski definition) is 2. The summed E-state index contributed by atoms with van der Waals surface area (Å²) in [4.78, 5) is 2.35. The summed E-state index contributed by atoms with van der Waals surface area (Å²) < 4.78 is 26.4. The Morgan fingerprint density at radius 1 is 1.05 bits per heavy atom. The Kier molecular flexibility index (Phi) is 6.56. The normalized spacial score (nSPS) is 13.5. The molecule has 0 saturated carbocycles. The van der Waals surface area contributed by atoms with E-state index in [-0.39, 0.29) is 6.04 Å². The number of halogens is 2. The van der Waals surface area contributed by atoms with E-state index in [9.17, 15) is 8.78 Å². The van der Waals surface area contributed by atoms with Crippen LogP contribution in [-0.2, 0) is 0 Å². The van der Waals surface area contributed by atoms with Crippen LogP contribution in [0.2, 0.25) is 0 Å². The van der Waals surface area contributed by atoms with Crippen LogP contribution in [0.25, 0.3) is 0 Å². The van der Waals surface area contributed by atoms with Gasteiger partial charge in [-0.05, 0) is 43.9 Å². The summed E-state index contributed by atoms with van der Waals surface area (Å²) in [7, 11) is 0. The minimum Gasteiger partial charge on any atom is -0.324 e. The highest BCUT2D eigenvalue weighted by Gasteiger charge is 2.15. The van der Waals surface area contributed by atoms with Gasteiger partial charge in [0.15, 0.2) is 0 Å². The first-order valence-corrected chi connectivity index (χ1v) is 7.25. The fourth-order valence-corrected chi connectivity index (χ4v) is 2.29. The third-order valence-electron chi connectivity index (χ3n) is 3.37. The van der Waals surface area contributed by atoms with Crippen molar-refractivity contribution in [2.75, 3.05) is 13.1 Å². The second-order valence-electron chi connectivity index (χ2n) is 6.08. The lowest BCUT2D eigenvalue weighted by molar-refractivity contribution is 0.191. The van der Waals surface area contributed by atoms with Crippen molar-refractivity contribution in [1.82, 2.24) is 4.90 Å². The van der Waals surface area contributed by atoms with Gasteiger partial charge in [-0.3, -0.25) is 0 Å². The standard InChI is InChI=1S/C16H26F2N2/c1-11(2)10-20(12(3)4)6-5-16(19)13-7-14(17)9-15(18)8-13/h7-9,11-12,16H,5-6,10,19H2,1-4H3. The summed E-state index contributed by atoms with van der Waals surface area (Å²) in [6.45, 7) is 10.5. The molecule has 2 nitrogen and oxygen atoms in total. The molecule has 0 bridgehead atoms. The van der Waals surface area contributed by atoms with Gasteiger partial charge in [-0.15, -0.1) is 0 Å². The molecule has 0 amide bonds. The summed E-state index contributed by atoms with van der Waals surface area (Å²) in [5.41, 5.74) is 6.58. The van der Waals surface area contributed by atoms with E-state index in [1.165, 1.54) is 12.1 Å². The number of nitrogens with zero attached hydrogens (tertiary/aromatic N) is 1. The fraction of sp³-hybridized carbons (Fsp3) is 0.625. The van der Waals surface area contributed by atoms with Crippen LogP contribution >= 0.6 is 0 Å². The lowest BCUT2D eigenvalue weighted by Crippen LogP contribution is -2.36. The maximum atomic E-state index is 13.2. The monoisotopic (exact) mass is 284 g/mol. The van der Waals surface area contributed by atoms with Gasteiger partial charge in [-0.25, -0.2) is 8.78 Å². The molecule has 0 aliphatic rings. The van der Waals surface area contributed by atoms with Gasteiger partial charge in [0.1, 0.15) is 11.6 Å². The maximum Gasteiger partial charge on any atom is 0.126 e. The van der Waals surface area contributed by atoms with Gasteiger partial charge in [0.05, 0.1) is 0 Å². The third-order valence-corrected chi connectivity index (χ3v) is 3.37. The van der Waals surface area contributed by atoms with Crippen LogP contribution in [0.1, 0.15) is 45.7 Å². The minimum atomic E-state index is -0.571. The zero-order chi connectivity index (χ0) is 15.3. The Hall–Kier alpha value is -1.00. The quantitative estimate of drug-likeness (QED) is 0.827. The summed E-state index contributed by atoms with van der Waals surface area (Å²) in [5.74, 6) is -0.558. The minimum absolute atomic E-state index is 0.339. The zero-order valence-corrected chi connectivity index (χ0v) is 12.9. The molecule has 0 saturated heterocycles. The molecule has 20 heavy (non-hydrogen) atoms. The van der Waals surface area contributed by atoms with E-state index in [2.05, 4.69) is 32.6 Å². The SMILES string of the molecule is CC(C)CN(CCC(N)c1cc(F)cc(F)c1)C(C)C. The lowest BCUT2D eigenvalue weighted by Gasteiger charge is -2.29. The van der Waals surface area contributed by atoms with Crippen LogP contribution < -0.4 is 5.73 Å². The van der Waals surface area contributed by atoms with Crippen molar-refractivity contribution in [2.45, 2.75) is 46.2 Å². The fourth-order valence-electron chi connectivity index (χ4n) is 2.29. The van der Waals surface area contributed by atoms with Crippen molar-refractivity contribution in [3.8, 4) is 0 Å². The molecule has 1 atom stereocenters. The topological polar surface area (TPSA) is 29.3 Å². The first-order chi connectivity index (χ1) is 9.29. The third kappa shape index (κ3) is 5.55. The first-order valence-electron chi connectivity index (χ1n) is 7.25. The first kappa shape index (κ1) is 17.1. The van der Waals surface area contributed by atoms with Gasteiger partial charge in [0, 0.05) is 31.2 Å². The van der Waals surface area contributed by atoms with E-state index in [0.717, 1.165) is 19.2 Å². The highest BCUT2D eigenvalue weighted by atomic mass is 19.1. The van der Waals surface area contributed by atoms with Gasteiger partial charge in [0.2, 0.25) is 0 Å². The second kappa shape index (κ2) is 7.70. The molecule has 1 aromatic rings. The van der Waals surface area contributed by atoms with E-state index >= 15 is 0 Å².